The summed E-state index contributed by atoms with van der Waals surface area (Å²) in [7, 11) is -7.66. The molecule has 2 heterocycles. The van der Waals surface area contributed by atoms with E-state index in [0.29, 0.717) is 39.4 Å². The Bertz CT molecular complexity index is 887. The SMILES string of the molecule is NS(=O)(=O)c1ccc(S(=O)(=O)N2CCN(C(=O)N3CCOCC3)CC2)cc1. The summed E-state index contributed by atoms with van der Waals surface area (Å²) in [5.74, 6) is 0. The molecular weight excluding hydrogens is 396 g/mol. The van der Waals surface area contributed by atoms with E-state index in [4.69, 9.17) is 9.88 Å². The number of urea groups is 1. The highest BCUT2D eigenvalue weighted by Crippen LogP contribution is 2.20. The minimum absolute atomic E-state index is 0.0112. The zero-order chi connectivity index (χ0) is 19.7. The Morgan fingerprint density at radius 1 is 0.815 bits per heavy atom. The Kier molecular flexibility index (Phi) is 5.72. The average Bonchev–Trinajstić information content (AvgIpc) is 2.67. The Morgan fingerprint density at radius 3 is 1.81 bits per heavy atom. The second-order valence-corrected chi connectivity index (χ2v) is 9.79. The van der Waals surface area contributed by atoms with Crippen LogP contribution in [0, 0.1) is 0 Å². The molecule has 150 valence electrons. The maximum atomic E-state index is 12.7. The van der Waals surface area contributed by atoms with Crippen LogP contribution < -0.4 is 5.14 Å². The van der Waals surface area contributed by atoms with E-state index in [2.05, 4.69) is 0 Å². The number of sulfonamides is 2. The quantitative estimate of drug-likeness (QED) is 0.676. The summed E-state index contributed by atoms with van der Waals surface area (Å²) < 4.78 is 54.6. The van der Waals surface area contributed by atoms with E-state index in [1.165, 1.54) is 28.6 Å². The lowest BCUT2D eigenvalue weighted by atomic mass is 10.3. The molecule has 1 aromatic rings. The smallest absolute Gasteiger partial charge is 0.320 e. The maximum absolute atomic E-state index is 12.7. The van der Waals surface area contributed by atoms with Gasteiger partial charge in [-0.2, -0.15) is 4.31 Å². The van der Waals surface area contributed by atoms with Crippen molar-refractivity contribution in [1.29, 1.82) is 0 Å². The lowest BCUT2D eigenvalue weighted by Crippen LogP contribution is -2.55. The number of carbonyl (C=O) groups excluding carboxylic acids is 1. The van der Waals surface area contributed by atoms with E-state index in [0.717, 1.165) is 0 Å². The van der Waals surface area contributed by atoms with Crippen LogP contribution in [0.25, 0.3) is 0 Å². The topological polar surface area (TPSA) is 130 Å². The first-order chi connectivity index (χ1) is 12.7. The second kappa shape index (κ2) is 7.72. The number of morpholine rings is 1. The summed E-state index contributed by atoms with van der Waals surface area (Å²) in [6.07, 6.45) is 0. The predicted octanol–water partition coefficient (Wildman–Crippen LogP) is -0.907. The first kappa shape index (κ1) is 20.0. The number of nitrogens with zero attached hydrogens (tertiary/aromatic N) is 3. The van der Waals surface area contributed by atoms with Gasteiger partial charge in [0.2, 0.25) is 20.0 Å². The molecule has 2 saturated heterocycles. The van der Waals surface area contributed by atoms with Crippen molar-refractivity contribution in [2.45, 2.75) is 9.79 Å². The van der Waals surface area contributed by atoms with Crippen LogP contribution in [-0.2, 0) is 24.8 Å². The molecule has 27 heavy (non-hydrogen) atoms. The van der Waals surface area contributed by atoms with Gasteiger partial charge in [-0.05, 0) is 24.3 Å². The van der Waals surface area contributed by atoms with Gasteiger partial charge >= 0.3 is 6.03 Å². The zero-order valence-corrected chi connectivity index (χ0v) is 16.3. The van der Waals surface area contributed by atoms with E-state index in [1.807, 2.05) is 0 Å². The van der Waals surface area contributed by atoms with Crippen molar-refractivity contribution < 1.29 is 26.4 Å². The molecule has 0 saturated carbocycles. The molecule has 10 nitrogen and oxygen atoms in total. The third-order valence-electron chi connectivity index (χ3n) is 4.58. The van der Waals surface area contributed by atoms with Crippen molar-refractivity contribution in [3.63, 3.8) is 0 Å². The van der Waals surface area contributed by atoms with E-state index in [9.17, 15) is 21.6 Å². The number of hydrogen-bond donors (Lipinski definition) is 1. The molecule has 0 unspecified atom stereocenters. The summed E-state index contributed by atoms with van der Waals surface area (Å²) >= 11 is 0. The predicted molar refractivity (Wildman–Crippen MR) is 95.9 cm³/mol. The summed E-state index contributed by atoms with van der Waals surface area (Å²) in [5, 5.41) is 5.03. The van der Waals surface area contributed by atoms with Gasteiger partial charge in [0.25, 0.3) is 0 Å². The van der Waals surface area contributed by atoms with Crippen molar-refractivity contribution in [1.82, 2.24) is 14.1 Å². The molecule has 12 heteroatoms. The van der Waals surface area contributed by atoms with Gasteiger partial charge in [0.15, 0.2) is 0 Å². The normalized spacial score (nSPS) is 19.9. The van der Waals surface area contributed by atoms with Gasteiger partial charge in [-0.3, -0.25) is 0 Å². The Hall–Kier alpha value is -1.73. The van der Waals surface area contributed by atoms with Crippen molar-refractivity contribution >= 4 is 26.1 Å². The summed E-state index contributed by atoms with van der Waals surface area (Å²) in [6.45, 7) is 3.03. The fourth-order valence-corrected chi connectivity index (χ4v) is 4.96. The highest BCUT2D eigenvalue weighted by Gasteiger charge is 2.32. The molecule has 0 atom stereocenters. The van der Waals surface area contributed by atoms with E-state index in [-0.39, 0.29) is 28.9 Å². The molecule has 0 bridgehead atoms. The number of benzene rings is 1. The first-order valence-corrected chi connectivity index (χ1v) is 11.4. The minimum atomic E-state index is -3.88. The van der Waals surface area contributed by atoms with Crippen LogP contribution in [0.5, 0.6) is 0 Å². The van der Waals surface area contributed by atoms with Crippen LogP contribution in [0.4, 0.5) is 4.79 Å². The molecule has 0 aromatic heterocycles. The van der Waals surface area contributed by atoms with Crippen molar-refractivity contribution in [2.24, 2.45) is 5.14 Å². The molecule has 0 spiro atoms. The largest absolute Gasteiger partial charge is 0.378 e. The molecule has 2 fully saturated rings. The van der Waals surface area contributed by atoms with Gasteiger partial charge in [-0.25, -0.2) is 26.8 Å². The zero-order valence-electron chi connectivity index (χ0n) is 14.7. The molecule has 2 aliphatic rings. The van der Waals surface area contributed by atoms with Crippen LogP contribution in [0.2, 0.25) is 0 Å². The van der Waals surface area contributed by atoms with Crippen LogP contribution in [0.1, 0.15) is 0 Å². The number of carbonyl (C=O) groups is 1. The minimum Gasteiger partial charge on any atom is -0.378 e. The van der Waals surface area contributed by atoms with Crippen molar-refractivity contribution in [3.8, 4) is 0 Å². The van der Waals surface area contributed by atoms with E-state index < -0.39 is 20.0 Å². The number of nitrogens with two attached hydrogens (primary N) is 1. The molecule has 2 N–H and O–H groups in total. The third-order valence-corrected chi connectivity index (χ3v) is 7.42. The van der Waals surface area contributed by atoms with Gasteiger partial charge < -0.3 is 14.5 Å². The van der Waals surface area contributed by atoms with Gasteiger partial charge in [-0.15, -0.1) is 0 Å². The van der Waals surface area contributed by atoms with Crippen LogP contribution >= 0.6 is 0 Å². The second-order valence-electron chi connectivity index (χ2n) is 6.29. The highest BCUT2D eigenvalue weighted by atomic mass is 32.2. The molecule has 2 aliphatic heterocycles. The van der Waals surface area contributed by atoms with E-state index in [1.54, 1.807) is 9.80 Å². The first-order valence-electron chi connectivity index (χ1n) is 8.44. The monoisotopic (exact) mass is 418 g/mol. The number of piperazine rings is 1. The van der Waals surface area contributed by atoms with Gasteiger partial charge in [0, 0.05) is 39.3 Å². The standard InChI is InChI=1S/C15H22N4O6S2/c16-26(21,22)13-1-3-14(4-2-13)27(23,24)19-7-5-17(6-8-19)15(20)18-9-11-25-12-10-18/h1-4H,5-12H2,(H2,16,21,22). The molecule has 1 aromatic carbocycles. The molecule has 0 radical (unpaired) electrons. The van der Waals surface area contributed by atoms with Crippen LogP contribution in [0.3, 0.4) is 0 Å². The summed E-state index contributed by atoms with van der Waals surface area (Å²) in [4.78, 5) is 15.7. The lowest BCUT2D eigenvalue weighted by molar-refractivity contribution is 0.0405. The molecular formula is C15H22N4O6S2. The fraction of sp³-hybridized carbons (Fsp3) is 0.533. The molecule has 2 amide bonds. The van der Waals surface area contributed by atoms with Crippen molar-refractivity contribution in [3.05, 3.63) is 24.3 Å². The summed E-state index contributed by atoms with van der Waals surface area (Å²) in [6, 6.07) is 4.68. The molecule has 3 rings (SSSR count). The van der Waals surface area contributed by atoms with Crippen LogP contribution in [-0.4, -0.2) is 89.5 Å². The van der Waals surface area contributed by atoms with Crippen LogP contribution in [0.15, 0.2) is 34.1 Å². The molecule has 0 aliphatic carbocycles. The number of primary sulfonamides is 1. The van der Waals surface area contributed by atoms with Crippen molar-refractivity contribution in [2.75, 3.05) is 52.5 Å². The van der Waals surface area contributed by atoms with Gasteiger partial charge in [-0.1, -0.05) is 0 Å². The number of rotatable bonds is 3. The Balaban J connectivity index is 1.65. The highest BCUT2D eigenvalue weighted by molar-refractivity contribution is 7.89. The maximum Gasteiger partial charge on any atom is 0.320 e. The summed E-state index contributed by atoms with van der Waals surface area (Å²) in [5.41, 5.74) is 0. The Labute approximate surface area is 158 Å². The fourth-order valence-electron chi connectivity index (χ4n) is 3.02. The van der Waals surface area contributed by atoms with E-state index >= 15 is 0 Å². The average molecular weight is 418 g/mol. The van der Waals surface area contributed by atoms with Gasteiger partial charge in [0.1, 0.15) is 0 Å². The third kappa shape index (κ3) is 4.41. The lowest BCUT2D eigenvalue weighted by Gasteiger charge is -2.38. The number of amides is 2. The number of ether oxygens (including phenoxy) is 1. The number of hydrogen-bond acceptors (Lipinski definition) is 6. The van der Waals surface area contributed by atoms with Gasteiger partial charge in [0.05, 0.1) is 23.0 Å². The Morgan fingerprint density at radius 2 is 1.30 bits per heavy atom.